The maximum atomic E-state index is 12.6. The molecule has 0 aromatic carbocycles. The van der Waals surface area contributed by atoms with Crippen LogP contribution < -0.4 is 5.73 Å². The molecule has 2 aliphatic rings. The largest absolute Gasteiger partial charge is 0.376 e. The summed E-state index contributed by atoms with van der Waals surface area (Å²) >= 11 is 1.97. The van der Waals surface area contributed by atoms with Gasteiger partial charge in [-0.3, -0.25) is 4.79 Å². The van der Waals surface area contributed by atoms with E-state index in [1.165, 1.54) is 5.75 Å². The molecule has 5 heteroatoms. The summed E-state index contributed by atoms with van der Waals surface area (Å²) in [6.07, 6.45) is 8.72. The van der Waals surface area contributed by atoms with Crippen molar-refractivity contribution in [3.63, 3.8) is 0 Å². The summed E-state index contributed by atoms with van der Waals surface area (Å²) in [5.41, 5.74) is 5.50. The number of nitrogens with two attached hydrogens (primary N) is 1. The molecule has 21 heavy (non-hydrogen) atoms. The van der Waals surface area contributed by atoms with Gasteiger partial charge in [-0.1, -0.05) is 12.8 Å². The van der Waals surface area contributed by atoms with Gasteiger partial charge < -0.3 is 15.4 Å². The van der Waals surface area contributed by atoms with Crippen LogP contribution in [-0.4, -0.2) is 54.2 Å². The summed E-state index contributed by atoms with van der Waals surface area (Å²) in [7, 11) is 0. The van der Waals surface area contributed by atoms with Crippen LogP contribution in [0.3, 0.4) is 0 Å². The van der Waals surface area contributed by atoms with Gasteiger partial charge in [-0.05, 0) is 44.4 Å². The molecule has 2 aliphatic heterocycles. The minimum absolute atomic E-state index is 0.275. The van der Waals surface area contributed by atoms with E-state index in [1.807, 2.05) is 11.8 Å². The van der Waals surface area contributed by atoms with Crippen molar-refractivity contribution in [3.8, 4) is 0 Å². The summed E-state index contributed by atoms with van der Waals surface area (Å²) in [5.74, 6) is 2.63. The lowest BCUT2D eigenvalue weighted by molar-refractivity contribution is -0.135. The Balaban J connectivity index is 1.77. The molecule has 0 saturated carbocycles. The molecule has 2 N–H and O–H groups in total. The second-order valence-electron chi connectivity index (χ2n) is 6.15. The van der Waals surface area contributed by atoms with Crippen molar-refractivity contribution in [2.24, 2.45) is 5.73 Å². The molecule has 0 aromatic heterocycles. The van der Waals surface area contributed by atoms with E-state index in [2.05, 4.69) is 4.90 Å². The van der Waals surface area contributed by atoms with E-state index in [1.54, 1.807) is 0 Å². The molecule has 0 bridgehead atoms. The van der Waals surface area contributed by atoms with Crippen LogP contribution in [0.2, 0.25) is 0 Å². The van der Waals surface area contributed by atoms with Crippen LogP contribution in [0.25, 0.3) is 0 Å². The minimum atomic E-state index is 0.275. The van der Waals surface area contributed by atoms with Gasteiger partial charge in [0, 0.05) is 31.4 Å². The zero-order valence-electron chi connectivity index (χ0n) is 13.1. The molecular weight excluding hydrogens is 284 g/mol. The Hall–Kier alpha value is -0.260. The first-order valence-corrected chi connectivity index (χ1v) is 9.65. The third-order valence-corrected chi connectivity index (χ3v) is 5.58. The number of hydrogen-bond donors (Lipinski definition) is 1. The van der Waals surface area contributed by atoms with Crippen LogP contribution in [0.15, 0.2) is 0 Å². The van der Waals surface area contributed by atoms with E-state index in [4.69, 9.17) is 10.5 Å². The lowest BCUT2D eigenvalue weighted by Crippen LogP contribution is -2.44. The highest BCUT2D eigenvalue weighted by Crippen LogP contribution is 2.25. The van der Waals surface area contributed by atoms with Crippen molar-refractivity contribution in [1.82, 2.24) is 4.90 Å². The molecule has 0 aliphatic carbocycles. The van der Waals surface area contributed by atoms with E-state index in [-0.39, 0.29) is 6.10 Å². The molecule has 2 fully saturated rings. The number of carbonyl (C=O) groups excluding carboxylic acids is 1. The normalized spacial score (nSPS) is 25.4. The number of nitrogens with zero attached hydrogens (tertiary/aromatic N) is 1. The van der Waals surface area contributed by atoms with Gasteiger partial charge in [-0.15, -0.1) is 0 Å². The van der Waals surface area contributed by atoms with Crippen LogP contribution in [0.1, 0.15) is 51.4 Å². The topological polar surface area (TPSA) is 55.6 Å². The number of rotatable bonds is 9. The van der Waals surface area contributed by atoms with E-state index < -0.39 is 0 Å². The van der Waals surface area contributed by atoms with Gasteiger partial charge in [0.2, 0.25) is 5.91 Å². The first kappa shape index (κ1) is 17.1. The molecule has 0 radical (unpaired) electrons. The van der Waals surface area contributed by atoms with Gasteiger partial charge in [-0.2, -0.15) is 11.8 Å². The van der Waals surface area contributed by atoms with Gasteiger partial charge in [0.05, 0.1) is 6.10 Å². The van der Waals surface area contributed by atoms with Crippen molar-refractivity contribution in [2.45, 2.75) is 63.5 Å². The third-order valence-electron chi connectivity index (χ3n) is 4.44. The Kier molecular flexibility index (Phi) is 7.89. The van der Waals surface area contributed by atoms with Crippen LogP contribution in [0, 0.1) is 0 Å². The Morgan fingerprint density at radius 3 is 2.76 bits per heavy atom. The molecule has 4 nitrogen and oxygen atoms in total. The van der Waals surface area contributed by atoms with E-state index in [0.717, 1.165) is 70.4 Å². The Morgan fingerprint density at radius 1 is 1.24 bits per heavy atom. The summed E-state index contributed by atoms with van der Waals surface area (Å²) < 4.78 is 5.74. The van der Waals surface area contributed by atoms with Crippen LogP contribution in [0.5, 0.6) is 0 Å². The standard InChI is InChI=1S/C16H30N2O2S/c17-9-4-2-1-3-7-16(19)18(14-8-11-21-13-14)12-15-6-5-10-20-15/h14-15H,1-13,17H2. The van der Waals surface area contributed by atoms with Gasteiger partial charge in [0.1, 0.15) is 0 Å². The zero-order valence-corrected chi connectivity index (χ0v) is 13.9. The smallest absolute Gasteiger partial charge is 0.222 e. The highest BCUT2D eigenvalue weighted by molar-refractivity contribution is 7.99. The van der Waals surface area contributed by atoms with Crippen molar-refractivity contribution in [1.29, 1.82) is 0 Å². The van der Waals surface area contributed by atoms with Crippen molar-refractivity contribution >= 4 is 17.7 Å². The first-order chi connectivity index (χ1) is 10.3. The van der Waals surface area contributed by atoms with E-state index >= 15 is 0 Å². The molecule has 0 spiro atoms. The lowest BCUT2D eigenvalue weighted by Gasteiger charge is -2.31. The van der Waals surface area contributed by atoms with Gasteiger partial charge in [0.15, 0.2) is 0 Å². The predicted molar refractivity (Wildman–Crippen MR) is 88.6 cm³/mol. The summed E-state index contributed by atoms with van der Waals surface area (Å²) in [4.78, 5) is 14.7. The molecule has 2 unspecified atom stereocenters. The molecule has 2 saturated heterocycles. The van der Waals surface area contributed by atoms with Gasteiger partial charge in [0.25, 0.3) is 0 Å². The van der Waals surface area contributed by atoms with Crippen molar-refractivity contribution in [3.05, 3.63) is 0 Å². The molecule has 1 amide bonds. The summed E-state index contributed by atoms with van der Waals surface area (Å²) in [6, 6.07) is 0.441. The number of thioether (sulfide) groups is 1. The predicted octanol–water partition coefficient (Wildman–Crippen LogP) is 2.41. The average molecular weight is 314 g/mol. The zero-order chi connectivity index (χ0) is 14.9. The molecule has 2 heterocycles. The first-order valence-electron chi connectivity index (χ1n) is 8.50. The highest BCUT2D eigenvalue weighted by Gasteiger charge is 2.30. The van der Waals surface area contributed by atoms with E-state index in [9.17, 15) is 4.79 Å². The maximum Gasteiger partial charge on any atom is 0.222 e. The molecule has 2 rings (SSSR count). The Morgan fingerprint density at radius 2 is 2.10 bits per heavy atom. The Labute approximate surface area is 133 Å². The molecule has 2 atom stereocenters. The lowest BCUT2D eigenvalue weighted by atomic mass is 10.1. The van der Waals surface area contributed by atoms with Crippen LogP contribution >= 0.6 is 11.8 Å². The van der Waals surface area contributed by atoms with Crippen LogP contribution in [0.4, 0.5) is 0 Å². The van der Waals surface area contributed by atoms with E-state index in [0.29, 0.717) is 18.4 Å². The third kappa shape index (κ3) is 5.80. The monoisotopic (exact) mass is 314 g/mol. The van der Waals surface area contributed by atoms with Gasteiger partial charge >= 0.3 is 0 Å². The number of carbonyl (C=O) groups is 1. The SMILES string of the molecule is NCCCCCCC(=O)N(CC1CCCO1)C1CCSC1. The second-order valence-corrected chi connectivity index (χ2v) is 7.30. The van der Waals surface area contributed by atoms with Gasteiger partial charge in [-0.25, -0.2) is 0 Å². The molecular formula is C16H30N2O2S. The fourth-order valence-corrected chi connectivity index (χ4v) is 4.37. The number of hydrogen-bond acceptors (Lipinski definition) is 4. The maximum absolute atomic E-state index is 12.6. The fraction of sp³-hybridized carbons (Fsp3) is 0.938. The summed E-state index contributed by atoms with van der Waals surface area (Å²) in [6.45, 7) is 2.44. The number of unbranched alkanes of at least 4 members (excludes halogenated alkanes) is 3. The van der Waals surface area contributed by atoms with Crippen LogP contribution in [-0.2, 0) is 9.53 Å². The highest BCUT2D eigenvalue weighted by atomic mass is 32.2. The Bertz CT molecular complexity index is 303. The second kappa shape index (κ2) is 9.70. The van der Waals surface area contributed by atoms with Crippen molar-refractivity contribution in [2.75, 3.05) is 31.2 Å². The quantitative estimate of drug-likeness (QED) is 0.664. The van der Waals surface area contributed by atoms with Crippen molar-refractivity contribution < 1.29 is 9.53 Å². The number of ether oxygens (including phenoxy) is 1. The molecule has 122 valence electrons. The summed E-state index contributed by atoms with van der Waals surface area (Å²) in [5, 5.41) is 0. The number of amides is 1. The molecule has 0 aromatic rings. The minimum Gasteiger partial charge on any atom is -0.376 e. The fourth-order valence-electron chi connectivity index (χ4n) is 3.15. The average Bonchev–Trinajstić information content (AvgIpc) is 3.17.